The standard InChI is InChI=1S/C12H16N4OS/c17-11-9-18-12(10-3-1-2-4-14-10)16(11)15-7-5-13-6-8-15/h1-4,12-13H,5-9H2. The van der Waals surface area contributed by atoms with Crippen molar-refractivity contribution in [2.45, 2.75) is 5.37 Å². The van der Waals surface area contributed by atoms with Gasteiger partial charge in [-0.2, -0.15) is 0 Å². The minimum Gasteiger partial charge on any atom is -0.314 e. The largest absolute Gasteiger partial charge is 0.314 e. The number of carbonyl (C=O) groups excluding carboxylic acids is 1. The van der Waals surface area contributed by atoms with Gasteiger partial charge in [0.05, 0.1) is 11.4 Å². The second-order valence-electron chi connectivity index (χ2n) is 4.36. The molecule has 96 valence electrons. The lowest BCUT2D eigenvalue weighted by Crippen LogP contribution is -2.53. The molecular formula is C12H16N4OS. The summed E-state index contributed by atoms with van der Waals surface area (Å²) in [6.07, 6.45) is 1.79. The Morgan fingerprint density at radius 1 is 1.33 bits per heavy atom. The molecular weight excluding hydrogens is 248 g/mol. The molecule has 5 nitrogen and oxygen atoms in total. The lowest BCUT2D eigenvalue weighted by molar-refractivity contribution is -0.147. The fourth-order valence-corrected chi connectivity index (χ4v) is 3.46. The molecule has 1 amide bonds. The van der Waals surface area contributed by atoms with Crippen LogP contribution in [-0.4, -0.2) is 52.8 Å². The summed E-state index contributed by atoms with van der Waals surface area (Å²) in [6.45, 7) is 3.64. The van der Waals surface area contributed by atoms with Gasteiger partial charge < -0.3 is 5.32 Å². The Bertz CT molecular complexity index is 421. The van der Waals surface area contributed by atoms with Crippen LogP contribution in [0.4, 0.5) is 0 Å². The lowest BCUT2D eigenvalue weighted by atomic mass is 10.3. The van der Waals surface area contributed by atoms with E-state index in [0.717, 1.165) is 31.9 Å². The summed E-state index contributed by atoms with van der Waals surface area (Å²) < 4.78 is 0. The molecule has 1 unspecified atom stereocenters. The highest BCUT2D eigenvalue weighted by Crippen LogP contribution is 2.38. The Morgan fingerprint density at radius 3 is 2.89 bits per heavy atom. The molecule has 0 radical (unpaired) electrons. The summed E-state index contributed by atoms with van der Waals surface area (Å²) in [5.41, 5.74) is 0.965. The summed E-state index contributed by atoms with van der Waals surface area (Å²) in [5.74, 6) is 0.739. The summed E-state index contributed by atoms with van der Waals surface area (Å²) in [5, 5.41) is 7.39. The molecule has 0 aliphatic carbocycles. The van der Waals surface area contributed by atoms with Crippen molar-refractivity contribution in [3.63, 3.8) is 0 Å². The molecule has 0 saturated carbocycles. The van der Waals surface area contributed by atoms with Gasteiger partial charge in [-0.05, 0) is 12.1 Å². The molecule has 0 bridgehead atoms. The highest BCUT2D eigenvalue weighted by atomic mass is 32.2. The third-order valence-electron chi connectivity index (χ3n) is 3.18. The van der Waals surface area contributed by atoms with Crippen molar-refractivity contribution in [3.8, 4) is 0 Å². The van der Waals surface area contributed by atoms with E-state index in [1.165, 1.54) is 0 Å². The predicted molar refractivity (Wildman–Crippen MR) is 70.7 cm³/mol. The van der Waals surface area contributed by atoms with Gasteiger partial charge in [-0.25, -0.2) is 5.01 Å². The van der Waals surface area contributed by atoms with E-state index < -0.39 is 0 Å². The first-order valence-corrected chi connectivity index (χ1v) is 7.21. The zero-order valence-electron chi connectivity index (χ0n) is 10.1. The van der Waals surface area contributed by atoms with Gasteiger partial charge in [0.25, 0.3) is 0 Å². The number of aromatic nitrogens is 1. The quantitative estimate of drug-likeness (QED) is 0.842. The Labute approximate surface area is 111 Å². The maximum atomic E-state index is 12.1. The normalized spacial score (nSPS) is 25.7. The van der Waals surface area contributed by atoms with Crippen LogP contribution in [0.2, 0.25) is 0 Å². The Balaban J connectivity index is 1.83. The van der Waals surface area contributed by atoms with Crippen LogP contribution in [0.15, 0.2) is 24.4 Å². The van der Waals surface area contributed by atoms with E-state index in [-0.39, 0.29) is 11.3 Å². The Kier molecular flexibility index (Phi) is 3.49. The van der Waals surface area contributed by atoms with E-state index in [9.17, 15) is 4.79 Å². The molecule has 3 heterocycles. The molecule has 2 aliphatic heterocycles. The van der Waals surface area contributed by atoms with Gasteiger partial charge in [-0.3, -0.25) is 14.8 Å². The minimum absolute atomic E-state index is 0.0387. The molecule has 1 aromatic heterocycles. The van der Waals surface area contributed by atoms with E-state index >= 15 is 0 Å². The second kappa shape index (κ2) is 5.26. The number of hydrazine groups is 1. The zero-order valence-corrected chi connectivity index (χ0v) is 10.9. The van der Waals surface area contributed by atoms with Crippen molar-refractivity contribution in [1.29, 1.82) is 0 Å². The van der Waals surface area contributed by atoms with Gasteiger partial charge in [-0.1, -0.05) is 6.07 Å². The van der Waals surface area contributed by atoms with Gasteiger partial charge in [0, 0.05) is 32.4 Å². The SMILES string of the molecule is O=C1CSC(c2ccccn2)N1N1CCNCC1. The molecule has 1 atom stereocenters. The average molecular weight is 264 g/mol. The Hall–Kier alpha value is -1.11. The maximum Gasteiger partial charge on any atom is 0.248 e. The molecule has 3 rings (SSSR count). The molecule has 1 aromatic rings. The van der Waals surface area contributed by atoms with E-state index in [1.807, 2.05) is 23.2 Å². The average Bonchev–Trinajstić information content (AvgIpc) is 2.83. The van der Waals surface area contributed by atoms with Crippen LogP contribution in [0, 0.1) is 0 Å². The molecule has 1 N–H and O–H groups in total. The van der Waals surface area contributed by atoms with E-state index in [0.29, 0.717) is 5.75 Å². The number of pyridine rings is 1. The summed E-state index contributed by atoms with van der Waals surface area (Å²) >= 11 is 1.66. The van der Waals surface area contributed by atoms with Gasteiger partial charge in [-0.15, -0.1) is 11.8 Å². The number of thioether (sulfide) groups is 1. The summed E-state index contributed by atoms with van der Waals surface area (Å²) in [7, 11) is 0. The number of carbonyl (C=O) groups is 1. The first kappa shape index (κ1) is 12.0. The Morgan fingerprint density at radius 2 is 2.17 bits per heavy atom. The summed E-state index contributed by atoms with van der Waals surface area (Å²) in [4.78, 5) is 16.5. The van der Waals surface area contributed by atoms with Crippen LogP contribution in [0.3, 0.4) is 0 Å². The van der Waals surface area contributed by atoms with Gasteiger partial charge in [0.1, 0.15) is 5.37 Å². The smallest absolute Gasteiger partial charge is 0.248 e. The molecule has 2 aliphatic rings. The van der Waals surface area contributed by atoms with Crippen LogP contribution < -0.4 is 5.32 Å². The predicted octanol–water partition coefficient (Wildman–Crippen LogP) is 0.476. The van der Waals surface area contributed by atoms with Crippen molar-refractivity contribution in [2.24, 2.45) is 0 Å². The zero-order chi connectivity index (χ0) is 12.4. The van der Waals surface area contributed by atoms with E-state index in [1.54, 1.807) is 18.0 Å². The number of hydrogen-bond donors (Lipinski definition) is 1. The molecule has 18 heavy (non-hydrogen) atoms. The third kappa shape index (κ3) is 2.23. The maximum absolute atomic E-state index is 12.1. The highest BCUT2D eigenvalue weighted by Gasteiger charge is 2.37. The van der Waals surface area contributed by atoms with Crippen LogP contribution in [0.25, 0.3) is 0 Å². The fourth-order valence-electron chi connectivity index (χ4n) is 2.33. The van der Waals surface area contributed by atoms with Gasteiger partial charge >= 0.3 is 0 Å². The van der Waals surface area contributed by atoms with Crippen molar-refractivity contribution in [1.82, 2.24) is 20.3 Å². The van der Waals surface area contributed by atoms with Gasteiger partial charge in [0.15, 0.2) is 0 Å². The van der Waals surface area contributed by atoms with Crippen molar-refractivity contribution in [3.05, 3.63) is 30.1 Å². The third-order valence-corrected chi connectivity index (χ3v) is 4.35. The first-order valence-electron chi connectivity index (χ1n) is 6.16. The number of hydrogen-bond acceptors (Lipinski definition) is 5. The van der Waals surface area contributed by atoms with Crippen LogP contribution >= 0.6 is 11.8 Å². The number of piperazine rings is 1. The monoisotopic (exact) mass is 264 g/mol. The fraction of sp³-hybridized carbons (Fsp3) is 0.500. The van der Waals surface area contributed by atoms with Crippen LogP contribution in [0.5, 0.6) is 0 Å². The van der Waals surface area contributed by atoms with E-state index in [4.69, 9.17) is 0 Å². The minimum atomic E-state index is 0.0387. The number of rotatable bonds is 2. The van der Waals surface area contributed by atoms with Crippen molar-refractivity contribution in [2.75, 3.05) is 31.9 Å². The first-order chi connectivity index (χ1) is 8.86. The molecule has 2 saturated heterocycles. The second-order valence-corrected chi connectivity index (χ2v) is 5.43. The highest BCUT2D eigenvalue weighted by molar-refractivity contribution is 8.00. The van der Waals surface area contributed by atoms with Crippen molar-refractivity contribution >= 4 is 17.7 Å². The number of nitrogens with one attached hydrogen (secondary N) is 1. The number of amides is 1. The number of nitrogens with zero attached hydrogens (tertiary/aromatic N) is 3. The lowest BCUT2D eigenvalue weighted by Gasteiger charge is -2.37. The summed E-state index contributed by atoms with van der Waals surface area (Å²) in [6, 6.07) is 5.87. The van der Waals surface area contributed by atoms with E-state index in [2.05, 4.69) is 15.3 Å². The molecule has 0 spiro atoms. The van der Waals surface area contributed by atoms with Gasteiger partial charge in [0.2, 0.25) is 5.91 Å². The molecule has 2 fully saturated rings. The topological polar surface area (TPSA) is 48.5 Å². The molecule has 0 aromatic carbocycles. The van der Waals surface area contributed by atoms with Crippen LogP contribution in [0.1, 0.15) is 11.1 Å². The van der Waals surface area contributed by atoms with Crippen LogP contribution in [-0.2, 0) is 4.79 Å². The molecule has 6 heteroatoms. The van der Waals surface area contributed by atoms with Crippen molar-refractivity contribution < 1.29 is 4.79 Å².